The molecular weight excluding hydrogens is 382 g/mol. The predicted molar refractivity (Wildman–Crippen MR) is 115 cm³/mol. The molecular formula is C22H23N5OS. The van der Waals surface area contributed by atoms with Gasteiger partial charge < -0.3 is 10.3 Å². The first-order valence-corrected chi connectivity index (χ1v) is 10.7. The lowest BCUT2D eigenvalue weighted by Crippen LogP contribution is -2.22. The first-order valence-electron chi connectivity index (χ1n) is 9.84. The third-order valence-electron chi connectivity index (χ3n) is 5.68. The minimum absolute atomic E-state index is 0.0933. The van der Waals surface area contributed by atoms with Crippen molar-refractivity contribution in [2.45, 2.75) is 39.7 Å². The highest BCUT2D eigenvalue weighted by molar-refractivity contribution is 7.09. The monoisotopic (exact) mass is 405 g/mol. The lowest BCUT2D eigenvalue weighted by molar-refractivity contribution is 0.0951. The number of nitrogens with zero attached hydrogens (tertiary/aromatic N) is 2. The number of hydrogen-bond donors (Lipinski definition) is 3. The van der Waals surface area contributed by atoms with Gasteiger partial charge in [-0.1, -0.05) is 13.8 Å². The van der Waals surface area contributed by atoms with Gasteiger partial charge in [-0.2, -0.15) is 5.10 Å². The van der Waals surface area contributed by atoms with Crippen LogP contribution >= 0.6 is 11.3 Å². The average Bonchev–Trinajstić information content (AvgIpc) is 3.43. The molecule has 0 radical (unpaired) electrons. The Morgan fingerprint density at radius 3 is 3.03 bits per heavy atom. The van der Waals surface area contributed by atoms with E-state index in [4.69, 9.17) is 0 Å². The van der Waals surface area contributed by atoms with Gasteiger partial charge in [0.2, 0.25) is 0 Å². The number of thiazole rings is 1. The summed E-state index contributed by atoms with van der Waals surface area (Å²) in [5, 5.41) is 14.6. The smallest absolute Gasteiger partial charge is 0.251 e. The van der Waals surface area contributed by atoms with Gasteiger partial charge >= 0.3 is 0 Å². The number of carbonyl (C=O) groups excluding carboxylic acids is 1. The fraction of sp³-hybridized carbons (Fsp3) is 0.318. The Bertz CT molecular complexity index is 1190. The summed E-state index contributed by atoms with van der Waals surface area (Å²) in [4.78, 5) is 20.2. The summed E-state index contributed by atoms with van der Waals surface area (Å²) in [6.07, 6.45) is 4.97. The number of fused-ring (bicyclic) bond motifs is 2. The normalized spacial score (nSPS) is 15.4. The van der Waals surface area contributed by atoms with E-state index in [0.717, 1.165) is 46.6 Å². The van der Waals surface area contributed by atoms with E-state index in [1.165, 1.54) is 22.6 Å². The van der Waals surface area contributed by atoms with E-state index in [2.05, 4.69) is 45.4 Å². The molecule has 0 bridgehead atoms. The minimum Gasteiger partial charge on any atom is -0.353 e. The maximum atomic E-state index is 12.5. The average molecular weight is 406 g/mol. The van der Waals surface area contributed by atoms with Gasteiger partial charge in [-0.15, -0.1) is 11.3 Å². The van der Waals surface area contributed by atoms with Crippen molar-refractivity contribution in [3.8, 4) is 11.4 Å². The van der Waals surface area contributed by atoms with Crippen molar-refractivity contribution in [1.82, 2.24) is 25.5 Å². The van der Waals surface area contributed by atoms with Gasteiger partial charge in [-0.3, -0.25) is 9.89 Å². The van der Waals surface area contributed by atoms with Crippen LogP contribution in [0.15, 0.2) is 35.8 Å². The van der Waals surface area contributed by atoms with Crippen LogP contribution in [0.5, 0.6) is 0 Å². The molecule has 6 nitrogen and oxygen atoms in total. The van der Waals surface area contributed by atoms with Gasteiger partial charge in [0.05, 0.1) is 12.2 Å². The molecule has 1 aromatic carbocycles. The topological polar surface area (TPSA) is 86.5 Å². The fourth-order valence-electron chi connectivity index (χ4n) is 4.07. The number of rotatable bonds is 4. The lowest BCUT2D eigenvalue weighted by Gasteiger charge is -2.28. The van der Waals surface area contributed by atoms with E-state index >= 15 is 0 Å². The molecule has 0 saturated carbocycles. The number of aromatic amines is 2. The van der Waals surface area contributed by atoms with Crippen molar-refractivity contribution in [2.75, 3.05) is 0 Å². The van der Waals surface area contributed by atoms with Crippen LogP contribution in [-0.4, -0.2) is 26.1 Å². The Labute approximate surface area is 172 Å². The SMILES string of the molecule is CC1(C)CCc2c(-c3cc4cc(C(=O)NCc5nccs5)ccc4[nH]3)n[nH]c2C1. The van der Waals surface area contributed by atoms with Crippen molar-refractivity contribution in [2.24, 2.45) is 5.41 Å². The van der Waals surface area contributed by atoms with Crippen LogP contribution in [0.3, 0.4) is 0 Å². The van der Waals surface area contributed by atoms with Gasteiger partial charge in [0.25, 0.3) is 5.91 Å². The molecule has 0 unspecified atom stereocenters. The van der Waals surface area contributed by atoms with E-state index in [1.807, 2.05) is 23.6 Å². The molecule has 4 aromatic rings. The van der Waals surface area contributed by atoms with Gasteiger partial charge in [0.15, 0.2) is 0 Å². The van der Waals surface area contributed by atoms with E-state index < -0.39 is 0 Å². The molecule has 0 saturated heterocycles. The summed E-state index contributed by atoms with van der Waals surface area (Å²) >= 11 is 1.53. The van der Waals surface area contributed by atoms with Crippen molar-refractivity contribution < 1.29 is 4.79 Å². The quantitative estimate of drug-likeness (QED) is 0.468. The molecule has 3 N–H and O–H groups in total. The number of benzene rings is 1. The molecule has 7 heteroatoms. The van der Waals surface area contributed by atoms with Gasteiger partial charge in [0.1, 0.15) is 10.7 Å². The second-order valence-corrected chi connectivity index (χ2v) is 9.44. The molecule has 0 atom stereocenters. The first-order chi connectivity index (χ1) is 14.0. The standard InChI is InChI=1S/C22H23N5OS/c1-22(2)6-5-15-18(11-22)26-27-20(15)17-10-14-9-13(3-4-16(14)25-17)21(28)24-12-19-23-7-8-29-19/h3-4,7-10,25H,5-6,11-12H2,1-2H3,(H,24,28)(H,26,27). The number of hydrogen-bond acceptors (Lipinski definition) is 4. The molecule has 5 rings (SSSR count). The molecule has 29 heavy (non-hydrogen) atoms. The largest absolute Gasteiger partial charge is 0.353 e. The number of H-pyrrole nitrogens is 2. The highest BCUT2D eigenvalue weighted by atomic mass is 32.1. The maximum Gasteiger partial charge on any atom is 0.251 e. The van der Waals surface area contributed by atoms with Crippen molar-refractivity contribution >= 4 is 28.1 Å². The Morgan fingerprint density at radius 2 is 2.21 bits per heavy atom. The third kappa shape index (κ3) is 3.46. The van der Waals surface area contributed by atoms with E-state index in [0.29, 0.717) is 17.5 Å². The Morgan fingerprint density at radius 1 is 1.31 bits per heavy atom. The van der Waals surface area contributed by atoms with E-state index in [-0.39, 0.29) is 5.91 Å². The summed E-state index contributed by atoms with van der Waals surface area (Å²) < 4.78 is 0. The van der Waals surface area contributed by atoms with E-state index in [1.54, 1.807) is 6.20 Å². The van der Waals surface area contributed by atoms with Crippen molar-refractivity contribution in [1.29, 1.82) is 0 Å². The van der Waals surface area contributed by atoms with Crippen LogP contribution in [-0.2, 0) is 19.4 Å². The van der Waals surface area contributed by atoms with Gasteiger partial charge in [0, 0.05) is 39.3 Å². The zero-order valence-corrected chi connectivity index (χ0v) is 17.3. The molecule has 3 aromatic heterocycles. The van der Waals surface area contributed by atoms with Crippen LogP contribution in [0.25, 0.3) is 22.3 Å². The Balaban J connectivity index is 1.40. The summed E-state index contributed by atoms with van der Waals surface area (Å²) in [6, 6.07) is 7.82. The number of aromatic nitrogens is 4. The van der Waals surface area contributed by atoms with Crippen LogP contribution in [0.2, 0.25) is 0 Å². The second kappa shape index (κ2) is 6.84. The number of nitrogens with one attached hydrogen (secondary N) is 3. The molecule has 1 aliphatic rings. The van der Waals surface area contributed by atoms with Crippen LogP contribution in [0.1, 0.15) is 46.9 Å². The van der Waals surface area contributed by atoms with Crippen molar-refractivity contribution in [3.05, 3.63) is 57.7 Å². The fourth-order valence-corrected chi connectivity index (χ4v) is 4.63. The van der Waals surface area contributed by atoms with Gasteiger partial charge in [-0.25, -0.2) is 4.98 Å². The summed E-state index contributed by atoms with van der Waals surface area (Å²) in [6.45, 7) is 5.06. The predicted octanol–water partition coefficient (Wildman–Crippen LogP) is 4.46. The molecule has 0 fully saturated rings. The molecule has 0 aliphatic heterocycles. The highest BCUT2D eigenvalue weighted by Crippen LogP contribution is 2.38. The Kier molecular flexibility index (Phi) is 4.28. The highest BCUT2D eigenvalue weighted by Gasteiger charge is 2.29. The summed E-state index contributed by atoms with van der Waals surface area (Å²) in [5.74, 6) is -0.0933. The number of carbonyl (C=O) groups is 1. The zero-order chi connectivity index (χ0) is 20.0. The molecule has 148 valence electrons. The lowest BCUT2D eigenvalue weighted by atomic mass is 9.76. The molecule has 0 spiro atoms. The van der Waals surface area contributed by atoms with Gasteiger partial charge in [-0.05, 0) is 48.9 Å². The summed E-state index contributed by atoms with van der Waals surface area (Å²) in [5.41, 5.74) is 6.53. The third-order valence-corrected chi connectivity index (χ3v) is 6.46. The van der Waals surface area contributed by atoms with Crippen LogP contribution in [0, 0.1) is 5.41 Å². The summed E-state index contributed by atoms with van der Waals surface area (Å²) in [7, 11) is 0. The minimum atomic E-state index is -0.0933. The second-order valence-electron chi connectivity index (χ2n) is 8.46. The Hall–Kier alpha value is -2.93. The molecule has 3 heterocycles. The molecule has 1 amide bonds. The number of amides is 1. The first kappa shape index (κ1) is 18.1. The zero-order valence-electron chi connectivity index (χ0n) is 16.5. The van der Waals surface area contributed by atoms with Crippen LogP contribution < -0.4 is 5.32 Å². The van der Waals surface area contributed by atoms with Crippen LogP contribution in [0.4, 0.5) is 0 Å². The molecule has 1 aliphatic carbocycles. The van der Waals surface area contributed by atoms with Crippen molar-refractivity contribution in [3.63, 3.8) is 0 Å². The van der Waals surface area contributed by atoms with E-state index in [9.17, 15) is 4.79 Å². The maximum absolute atomic E-state index is 12.5.